The van der Waals surface area contributed by atoms with Crippen molar-refractivity contribution in [2.75, 3.05) is 26.2 Å². The Labute approximate surface area is 136 Å². The summed E-state index contributed by atoms with van der Waals surface area (Å²) in [6.45, 7) is 7.11. The fourth-order valence-corrected chi connectivity index (χ4v) is 2.76. The minimum Gasteiger partial charge on any atom is -0.491 e. The van der Waals surface area contributed by atoms with Crippen molar-refractivity contribution in [1.82, 2.24) is 10.2 Å². The highest BCUT2D eigenvalue weighted by Gasteiger charge is 2.42. The number of carbonyl (C=O) groups excluding carboxylic acids is 1. The first kappa shape index (κ1) is 17.1. The third kappa shape index (κ3) is 3.94. The van der Waals surface area contributed by atoms with Gasteiger partial charge in [-0.15, -0.1) is 0 Å². The topological polar surface area (TPSA) is 78.9 Å². The lowest BCUT2D eigenvalue weighted by Crippen LogP contribution is -2.42. The number of hydrogen-bond donors (Lipinski definition) is 2. The lowest BCUT2D eigenvalue weighted by atomic mass is 9.90. The summed E-state index contributed by atoms with van der Waals surface area (Å²) < 4.78 is 5.73. The second-order valence-electron chi connectivity index (χ2n) is 6.34. The fourth-order valence-electron chi connectivity index (χ4n) is 2.76. The quantitative estimate of drug-likeness (QED) is 0.815. The molecule has 23 heavy (non-hydrogen) atoms. The van der Waals surface area contributed by atoms with Gasteiger partial charge >= 0.3 is 12.0 Å². The second kappa shape index (κ2) is 6.89. The number of ether oxygens (including phenoxy) is 1. The van der Waals surface area contributed by atoms with Crippen LogP contribution in [0.1, 0.15) is 24.5 Å². The van der Waals surface area contributed by atoms with Crippen molar-refractivity contribution in [3.63, 3.8) is 0 Å². The van der Waals surface area contributed by atoms with Gasteiger partial charge in [0.1, 0.15) is 12.4 Å². The summed E-state index contributed by atoms with van der Waals surface area (Å²) >= 11 is 0. The molecule has 1 heterocycles. The normalized spacial score (nSPS) is 20.4. The van der Waals surface area contributed by atoms with Gasteiger partial charge < -0.3 is 20.1 Å². The van der Waals surface area contributed by atoms with E-state index in [-0.39, 0.29) is 12.6 Å². The number of hydrogen-bond acceptors (Lipinski definition) is 3. The zero-order valence-electron chi connectivity index (χ0n) is 13.9. The van der Waals surface area contributed by atoms with E-state index in [0.29, 0.717) is 26.1 Å². The molecule has 2 amide bonds. The van der Waals surface area contributed by atoms with Crippen LogP contribution in [-0.4, -0.2) is 48.2 Å². The molecule has 6 nitrogen and oxygen atoms in total. The molecule has 0 saturated carbocycles. The molecule has 0 bridgehead atoms. The zero-order valence-corrected chi connectivity index (χ0v) is 13.9. The van der Waals surface area contributed by atoms with Gasteiger partial charge in [-0.05, 0) is 38.3 Å². The van der Waals surface area contributed by atoms with Gasteiger partial charge in [0.2, 0.25) is 0 Å². The Morgan fingerprint density at radius 1 is 1.35 bits per heavy atom. The van der Waals surface area contributed by atoms with Gasteiger partial charge in [-0.25, -0.2) is 4.79 Å². The molecule has 0 aliphatic carbocycles. The average Bonchev–Trinajstić information content (AvgIpc) is 2.90. The van der Waals surface area contributed by atoms with E-state index in [0.717, 1.165) is 16.9 Å². The van der Waals surface area contributed by atoms with Gasteiger partial charge in [0.05, 0.1) is 12.0 Å². The molecule has 1 saturated heterocycles. The number of benzene rings is 1. The summed E-state index contributed by atoms with van der Waals surface area (Å²) in [4.78, 5) is 24.8. The van der Waals surface area contributed by atoms with E-state index in [1.807, 2.05) is 32.0 Å². The van der Waals surface area contributed by atoms with Gasteiger partial charge in [-0.2, -0.15) is 0 Å². The molecule has 0 radical (unpaired) electrons. The first-order valence-corrected chi connectivity index (χ1v) is 7.79. The lowest BCUT2D eigenvalue weighted by Gasteiger charge is -2.20. The Morgan fingerprint density at radius 2 is 2.00 bits per heavy atom. The Balaban J connectivity index is 1.77. The molecule has 126 valence electrons. The summed E-state index contributed by atoms with van der Waals surface area (Å²) in [5.41, 5.74) is 1.28. The van der Waals surface area contributed by atoms with Crippen LogP contribution in [0.4, 0.5) is 4.79 Å². The number of nitrogens with one attached hydrogen (secondary N) is 1. The molecule has 0 aromatic heterocycles. The number of nitrogens with zero attached hydrogens (tertiary/aromatic N) is 1. The Morgan fingerprint density at radius 3 is 2.57 bits per heavy atom. The number of urea groups is 1. The molecular formula is C17H24N2O4. The molecule has 1 fully saturated rings. The van der Waals surface area contributed by atoms with Crippen molar-refractivity contribution in [1.29, 1.82) is 0 Å². The Bertz CT molecular complexity index is 582. The molecule has 0 spiro atoms. The van der Waals surface area contributed by atoms with Crippen LogP contribution in [0.25, 0.3) is 0 Å². The van der Waals surface area contributed by atoms with E-state index >= 15 is 0 Å². The van der Waals surface area contributed by atoms with Crippen LogP contribution in [0.5, 0.6) is 5.75 Å². The first-order chi connectivity index (χ1) is 10.8. The summed E-state index contributed by atoms with van der Waals surface area (Å²) in [5, 5.41) is 12.0. The summed E-state index contributed by atoms with van der Waals surface area (Å²) in [6.07, 6.45) is 0.481. The lowest BCUT2D eigenvalue weighted by molar-refractivity contribution is -0.147. The maximum absolute atomic E-state index is 12.1. The third-order valence-corrected chi connectivity index (χ3v) is 4.31. The maximum Gasteiger partial charge on any atom is 0.317 e. The monoisotopic (exact) mass is 320 g/mol. The number of aliphatic carboxylic acids is 1. The molecule has 1 aliphatic heterocycles. The first-order valence-electron chi connectivity index (χ1n) is 7.79. The Hall–Kier alpha value is -2.24. The summed E-state index contributed by atoms with van der Waals surface area (Å²) in [6, 6.07) is 5.71. The molecule has 2 rings (SSSR count). The van der Waals surface area contributed by atoms with Gasteiger partial charge in [0, 0.05) is 13.1 Å². The van der Waals surface area contributed by atoms with Gasteiger partial charge in [0.25, 0.3) is 0 Å². The van der Waals surface area contributed by atoms with E-state index in [1.165, 1.54) is 0 Å². The standard InChI is InChI=1S/C17H24N2O4/c1-12-5-4-6-13(2)14(12)23-10-8-18-16(22)19-9-7-17(3,11-19)15(20)21/h4-6H,7-11H2,1-3H3,(H,18,22)(H,20,21). The minimum atomic E-state index is -0.855. The molecule has 1 atom stereocenters. The number of aryl methyl sites for hydroxylation is 2. The van der Waals surface area contributed by atoms with Crippen molar-refractivity contribution in [2.45, 2.75) is 27.2 Å². The number of carboxylic acid groups (broad SMARTS) is 1. The molecule has 1 aliphatic rings. The van der Waals surface area contributed by atoms with E-state index < -0.39 is 11.4 Å². The molecule has 6 heteroatoms. The molecule has 1 unspecified atom stereocenters. The minimum absolute atomic E-state index is 0.236. The predicted octanol–water partition coefficient (Wildman–Crippen LogP) is 2.19. The fraction of sp³-hybridized carbons (Fsp3) is 0.529. The number of para-hydroxylation sites is 1. The third-order valence-electron chi connectivity index (χ3n) is 4.31. The van der Waals surface area contributed by atoms with Crippen LogP contribution in [0, 0.1) is 19.3 Å². The number of amides is 2. The van der Waals surface area contributed by atoms with Crippen molar-refractivity contribution in [3.05, 3.63) is 29.3 Å². The molecule has 1 aromatic carbocycles. The summed E-state index contributed by atoms with van der Waals surface area (Å²) in [5.74, 6) is -0.00691. The average molecular weight is 320 g/mol. The smallest absolute Gasteiger partial charge is 0.317 e. The van der Waals surface area contributed by atoms with Crippen LogP contribution in [-0.2, 0) is 4.79 Å². The van der Waals surface area contributed by atoms with E-state index in [4.69, 9.17) is 4.74 Å². The number of carboxylic acids is 1. The second-order valence-corrected chi connectivity index (χ2v) is 6.34. The van der Waals surface area contributed by atoms with Crippen LogP contribution in [0.15, 0.2) is 18.2 Å². The van der Waals surface area contributed by atoms with Crippen molar-refractivity contribution < 1.29 is 19.4 Å². The maximum atomic E-state index is 12.1. The largest absolute Gasteiger partial charge is 0.491 e. The van der Waals surface area contributed by atoms with E-state index in [2.05, 4.69) is 5.32 Å². The van der Waals surface area contributed by atoms with Crippen molar-refractivity contribution in [2.24, 2.45) is 5.41 Å². The highest BCUT2D eigenvalue weighted by atomic mass is 16.5. The number of likely N-dealkylation sites (tertiary alicyclic amines) is 1. The molecular weight excluding hydrogens is 296 g/mol. The number of carbonyl (C=O) groups is 2. The van der Waals surface area contributed by atoms with Gasteiger partial charge in [-0.1, -0.05) is 18.2 Å². The van der Waals surface area contributed by atoms with E-state index in [9.17, 15) is 14.7 Å². The van der Waals surface area contributed by atoms with Gasteiger partial charge in [0.15, 0.2) is 0 Å². The van der Waals surface area contributed by atoms with Gasteiger partial charge in [-0.3, -0.25) is 4.79 Å². The highest BCUT2D eigenvalue weighted by Crippen LogP contribution is 2.29. The Kier molecular flexibility index (Phi) is 5.13. The van der Waals surface area contributed by atoms with Crippen LogP contribution in [0.2, 0.25) is 0 Å². The van der Waals surface area contributed by atoms with Crippen LogP contribution in [0.3, 0.4) is 0 Å². The molecule has 1 aromatic rings. The van der Waals surface area contributed by atoms with Crippen molar-refractivity contribution >= 4 is 12.0 Å². The zero-order chi connectivity index (χ0) is 17.0. The van der Waals surface area contributed by atoms with Crippen LogP contribution >= 0.6 is 0 Å². The SMILES string of the molecule is Cc1cccc(C)c1OCCNC(=O)N1CCC(C)(C(=O)O)C1. The number of rotatable bonds is 5. The molecule has 2 N–H and O–H groups in total. The van der Waals surface area contributed by atoms with Crippen LogP contribution < -0.4 is 10.1 Å². The van der Waals surface area contributed by atoms with E-state index in [1.54, 1.807) is 11.8 Å². The summed E-state index contributed by atoms with van der Waals surface area (Å²) in [7, 11) is 0. The highest BCUT2D eigenvalue weighted by molar-refractivity contribution is 5.79. The van der Waals surface area contributed by atoms with Crippen molar-refractivity contribution in [3.8, 4) is 5.75 Å². The predicted molar refractivity (Wildman–Crippen MR) is 86.7 cm³/mol.